The number of halogens is 1. The highest BCUT2D eigenvalue weighted by atomic mass is 79.9. The van der Waals surface area contributed by atoms with Crippen LogP contribution in [0.5, 0.6) is 0 Å². The van der Waals surface area contributed by atoms with E-state index >= 15 is 0 Å². The second-order valence-corrected chi connectivity index (χ2v) is 5.10. The molecule has 20 heavy (non-hydrogen) atoms. The number of nitrogens with one attached hydrogen (secondary N) is 1. The third-order valence-electron chi connectivity index (χ3n) is 2.72. The average Bonchev–Trinajstić information content (AvgIpc) is 2.42. The average molecular weight is 342 g/mol. The van der Waals surface area contributed by atoms with Crippen LogP contribution in [0.1, 0.15) is 18.5 Å². The van der Waals surface area contributed by atoms with E-state index in [1.54, 1.807) is 24.3 Å². The zero-order valence-electron chi connectivity index (χ0n) is 11.0. The molecule has 0 fully saturated rings. The van der Waals surface area contributed by atoms with Gasteiger partial charge in [-0.1, -0.05) is 40.7 Å². The maximum absolute atomic E-state index is 11.6. The lowest BCUT2D eigenvalue weighted by atomic mass is 9.95. The second kappa shape index (κ2) is 7.69. The van der Waals surface area contributed by atoms with E-state index in [1.165, 1.54) is 13.0 Å². The van der Waals surface area contributed by atoms with Crippen LogP contribution in [0, 0.1) is 5.92 Å². The molecule has 2 N–H and O–H groups in total. The molecule has 0 saturated carbocycles. The molecule has 1 aromatic carbocycles. The van der Waals surface area contributed by atoms with Crippen molar-refractivity contribution in [3.63, 3.8) is 0 Å². The molecule has 0 bridgehead atoms. The highest BCUT2D eigenvalue weighted by molar-refractivity contribution is 9.10. The van der Waals surface area contributed by atoms with Gasteiger partial charge in [0.25, 0.3) is 0 Å². The van der Waals surface area contributed by atoms with Crippen LogP contribution >= 0.6 is 15.9 Å². The molecule has 1 rings (SSSR count). The van der Waals surface area contributed by atoms with Crippen LogP contribution in [0.3, 0.4) is 0 Å². The molecule has 0 heterocycles. The van der Waals surface area contributed by atoms with Gasteiger partial charge in [-0.2, -0.15) is 0 Å². The highest BCUT2D eigenvalue weighted by Gasteiger charge is 2.27. The fourth-order valence-electron chi connectivity index (χ4n) is 1.61. The predicted octanol–water partition coefficient (Wildman–Crippen LogP) is 3.12. The first-order valence-electron chi connectivity index (χ1n) is 5.98. The van der Waals surface area contributed by atoms with E-state index < -0.39 is 24.0 Å². The number of carboxylic acids is 1. The summed E-state index contributed by atoms with van der Waals surface area (Å²) in [6, 6.07) is 6.41. The zero-order chi connectivity index (χ0) is 15.1. The number of aliphatic carboxylic acids is 1. The number of benzene rings is 1. The maximum atomic E-state index is 11.6. The number of hydrogen-bond donors (Lipinski definition) is 2. The first kappa shape index (κ1) is 16.2. The number of rotatable bonds is 6. The minimum atomic E-state index is -0.998. The summed E-state index contributed by atoms with van der Waals surface area (Å²) in [7, 11) is 0. The fourth-order valence-corrected chi connectivity index (χ4v) is 1.88. The molecule has 0 saturated heterocycles. The minimum Gasteiger partial charge on any atom is -0.481 e. The Hall–Kier alpha value is -1.82. The van der Waals surface area contributed by atoms with Gasteiger partial charge in [0, 0.05) is 4.47 Å². The van der Waals surface area contributed by atoms with E-state index in [2.05, 4.69) is 27.8 Å². The number of ether oxygens (including phenoxy) is 1. The molecule has 108 valence electrons. The van der Waals surface area contributed by atoms with Crippen molar-refractivity contribution in [2.24, 2.45) is 5.92 Å². The summed E-state index contributed by atoms with van der Waals surface area (Å²) >= 11 is 3.31. The molecule has 0 aliphatic rings. The number of carbonyl (C=O) groups excluding carboxylic acids is 1. The molecule has 2 unspecified atom stereocenters. The van der Waals surface area contributed by atoms with Gasteiger partial charge in [0.2, 0.25) is 0 Å². The number of carboxylic acid groups (broad SMARTS) is 1. The number of alkyl carbamates (subject to hydrolysis) is 1. The van der Waals surface area contributed by atoms with Gasteiger partial charge in [0.1, 0.15) is 6.61 Å². The first-order chi connectivity index (χ1) is 9.45. The summed E-state index contributed by atoms with van der Waals surface area (Å²) in [6.45, 7) is 5.04. The SMILES string of the molecule is C=CCOC(=O)NC(c1ccc(Br)cc1)C(C)C(=O)O. The molecule has 6 heteroatoms. The van der Waals surface area contributed by atoms with E-state index in [0.29, 0.717) is 5.56 Å². The summed E-state index contributed by atoms with van der Waals surface area (Å²) in [4.78, 5) is 22.8. The molecule has 0 aliphatic heterocycles. The maximum Gasteiger partial charge on any atom is 0.407 e. The predicted molar refractivity (Wildman–Crippen MR) is 78.4 cm³/mol. The van der Waals surface area contributed by atoms with Crippen LogP contribution in [0.4, 0.5) is 4.79 Å². The molecule has 0 spiro atoms. The summed E-state index contributed by atoms with van der Waals surface area (Å²) in [5.41, 5.74) is 0.693. The lowest BCUT2D eigenvalue weighted by Crippen LogP contribution is -2.36. The van der Waals surface area contributed by atoms with Crippen LogP contribution in [0.15, 0.2) is 41.4 Å². The van der Waals surface area contributed by atoms with Crippen molar-refractivity contribution in [2.75, 3.05) is 6.61 Å². The van der Waals surface area contributed by atoms with Crippen molar-refractivity contribution in [3.8, 4) is 0 Å². The van der Waals surface area contributed by atoms with E-state index in [9.17, 15) is 9.59 Å². The van der Waals surface area contributed by atoms with E-state index in [4.69, 9.17) is 9.84 Å². The van der Waals surface area contributed by atoms with Crippen LogP contribution < -0.4 is 5.32 Å². The van der Waals surface area contributed by atoms with Crippen molar-refractivity contribution in [2.45, 2.75) is 13.0 Å². The van der Waals surface area contributed by atoms with E-state index in [-0.39, 0.29) is 6.61 Å². The summed E-state index contributed by atoms with van der Waals surface area (Å²) in [5.74, 6) is -1.78. The summed E-state index contributed by atoms with van der Waals surface area (Å²) in [5, 5.41) is 11.7. The van der Waals surface area contributed by atoms with Gasteiger partial charge in [-0.25, -0.2) is 4.79 Å². The normalized spacial score (nSPS) is 13.1. The van der Waals surface area contributed by atoms with Gasteiger partial charge in [0.05, 0.1) is 12.0 Å². The number of carbonyl (C=O) groups is 2. The Morgan fingerprint density at radius 3 is 2.55 bits per heavy atom. The van der Waals surface area contributed by atoms with Crippen molar-refractivity contribution in [1.29, 1.82) is 0 Å². The molecular formula is C14H16BrNO4. The summed E-state index contributed by atoms with van der Waals surface area (Å²) in [6.07, 6.45) is 0.764. The van der Waals surface area contributed by atoms with Crippen LogP contribution in [-0.2, 0) is 9.53 Å². The zero-order valence-corrected chi connectivity index (χ0v) is 12.6. The van der Waals surface area contributed by atoms with Crippen molar-refractivity contribution in [1.82, 2.24) is 5.32 Å². The Kier molecular flexibility index (Phi) is 6.24. The van der Waals surface area contributed by atoms with Gasteiger partial charge in [-0.05, 0) is 24.6 Å². The molecule has 5 nitrogen and oxygen atoms in total. The second-order valence-electron chi connectivity index (χ2n) is 4.19. The topological polar surface area (TPSA) is 75.6 Å². The quantitative estimate of drug-likeness (QED) is 0.779. The van der Waals surface area contributed by atoms with Gasteiger partial charge in [-0.15, -0.1) is 0 Å². The lowest BCUT2D eigenvalue weighted by Gasteiger charge is -2.22. The van der Waals surface area contributed by atoms with Gasteiger partial charge in [-0.3, -0.25) is 4.79 Å². The Bertz CT molecular complexity index is 486. The van der Waals surface area contributed by atoms with Crippen LogP contribution in [-0.4, -0.2) is 23.8 Å². The highest BCUT2D eigenvalue weighted by Crippen LogP contribution is 2.24. The standard InChI is InChI=1S/C14H16BrNO4/c1-3-8-20-14(19)16-12(9(2)13(17)18)10-4-6-11(15)7-5-10/h3-7,9,12H,1,8H2,2H3,(H,16,19)(H,17,18). The minimum absolute atomic E-state index is 0.0698. The Morgan fingerprint density at radius 1 is 1.45 bits per heavy atom. The Morgan fingerprint density at radius 2 is 2.05 bits per heavy atom. The Balaban J connectivity index is 2.90. The molecular weight excluding hydrogens is 326 g/mol. The first-order valence-corrected chi connectivity index (χ1v) is 6.77. The van der Waals surface area contributed by atoms with Gasteiger partial charge in [0.15, 0.2) is 0 Å². The van der Waals surface area contributed by atoms with Crippen molar-refractivity contribution < 1.29 is 19.4 Å². The van der Waals surface area contributed by atoms with Crippen molar-refractivity contribution in [3.05, 3.63) is 47.0 Å². The number of hydrogen-bond acceptors (Lipinski definition) is 3. The molecule has 2 atom stereocenters. The lowest BCUT2D eigenvalue weighted by molar-refractivity contribution is -0.142. The number of amides is 1. The largest absolute Gasteiger partial charge is 0.481 e. The smallest absolute Gasteiger partial charge is 0.407 e. The molecule has 0 radical (unpaired) electrons. The van der Waals surface area contributed by atoms with Crippen LogP contribution in [0.25, 0.3) is 0 Å². The van der Waals surface area contributed by atoms with E-state index in [1.807, 2.05) is 0 Å². The summed E-state index contributed by atoms with van der Waals surface area (Å²) < 4.78 is 5.70. The molecule has 1 amide bonds. The van der Waals surface area contributed by atoms with Gasteiger partial charge >= 0.3 is 12.1 Å². The molecule has 0 aromatic heterocycles. The fraction of sp³-hybridized carbons (Fsp3) is 0.286. The molecule has 0 aliphatic carbocycles. The monoisotopic (exact) mass is 341 g/mol. The van der Waals surface area contributed by atoms with Gasteiger partial charge < -0.3 is 15.2 Å². The van der Waals surface area contributed by atoms with Crippen molar-refractivity contribution >= 4 is 28.0 Å². The Labute approximate surface area is 125 Å². The third kappa shape index (κ3) is 4.70. The molecule has 1 aromatic rings. The van der Waals surface area contributed by atoms with Crippen LogP contribution in [0.2, 0.25) is 0 Å². The third-order valence-corrected chi connectivity index (χ3v) is 3.25. The van der Waals surface area contributed by atoms with E-state index in [0.717, 1.165) is 4.47 Å².